The molecule has 0 spiro atoms. The Morgan fingerprint density at radius 3 is 2.47 bits per heavy atom. The highest BCUT2D eigenvalue weighted by molar-refractivity contribution is 8.07. The Labute approximate surface area is 122 Å². The number of hydrogen-bond donors (Lipinski definition) is 0. The Bertz CT molecular complexity index is 370. The van der Waals surface area contributed by atoms with Crippen LogP contribution in [0.25, 0.3) is 0 Å². The van der Waals surface area contributed by atoms with Crippen molar-refractivity contribution in [2.75, 3.05) is 5.75 Å². The highest BCUT2D eigenvalue weighted by atomic mass is 32.2. The van der Waals surface area contributed by atoms with Crippen molar-refractivity contribution in [3.8, 4) is 0 Å². The summed E-state index contributed by atoms with van der Waals surface area (Å²) < 4.78 is 10.3. The number of ether oxygens (including phenoxy) is 2. The minimum absolute atomic E-state index is 0.172. The van der Waals surface area contributed by atoms with E-state index in [-0.39, 0.29) is 11.0 Å². The van der Waals surface area contributed by atoms with E-state index in [1.807, 2.05) is 0 Å². The maximum Gasteiger partial charge on any atom is 0.348 e. The molecule has 0 radical (unpaired) electrons. The molecule has 1 fully saturated rings. The number of rotatable bonds is 4. The second-order valence-electron chi connectivity index (χ2n) is 4.57. The molecule has 19 heavy (non-hydrogen) atoms. The smallest absolute Gasteiger partial charge is 0.348 e. The normalized spacial score (nSPS) is 28.3. The zero-order valence-corrected chi connectivity index (χ0v) is 13.3. The van der Waals surface area contributed by atoms with Crippen LogP contribution in [0.3, 0.4) is 0 Å². The summed E-state index contributed by atoms with van der Waals surface area (Å²) in [6, 6.07) is 0. The van der Waals surface area contributed by atoms with Crippen LogP contribution in [-0.2, 0) is 19.1 Å². The van der Waals surface area contributed by atoms with Crippen molar-refractivity contribution >= 4 is 35.5 Å². The van der Waals surface area contributed by atoms with Crippen molar-refractivity contribution in [2.24, 2.45) is 0 Å². The fraction of sp³-hybridized carbons (Fsp3) is 0.692. The molecule has 1 heterocycles. The summed E-state index contributed by atoms with van der Waals surface area (Å²) in [5.74, 6) is -0.310. The molecule has 1 aliphatic heterocycles. The first-order chi connectivity index (χ1) is 8.81. The average Bonchev–Trinajstić information content (AvgIpc) is 2.33. The Balaban J connectivity index is 2.42. The fourth-order valence-electron chi connectivity index (χ4n) is 1.35. The van der Waals surface area contributed by atoms with E-state index in [0.29, 0.717) is 10.5 Å². The number of thioether (sulfide) groups is 2. The highest BCUT2D eigenvalue weighted by Gasteiger charge is 2.30. The first-order valence-corrected chi connectivity index (χ1v) is 8.14. The van der Waals surface area contributed by atoms with Gasteiger partial charge in [-0.25, -0.2) is 9.59 Å². The summed E-state index contributed by atoms with van der Waals surface area (Å²) in [5, 5.41) is 0.989. The molecule has 0 bridgehead atoms. The summed E-state index contributed by atoms with van der Waals surface area (Å²) in [4.78, 5) is 23.1. The van der Waals surface area contributed by atoms with Gasteiger partial charge >= 0.3 is 11.9 Å². The molecule has 6 heteroatoms. The zero-order valence-electron chi connectivity index (χ0n) is 11.7. The first-order valence-electron chi connectivity index (χ1n) is 6.15. The van der Waals surface area contributed by atoms with Gasteiger partial charge in [-0.1, -0.05) is 20.4 Å². The number of esters is 2. The first kappa shape index (κ1) is 16.4. The summed E-state index contributed by atoms with van der Waals surface area (Å²) in [6.07, 6.45) is -0.899. The summed E-state index contributed by atoms with van der Waals surface area (Å²) in [5.41, 5.74) is 0.0966. The molecular formula is C13H20O4S2. The standard InChI is InChI=1S/C13H20O4S2/c1-7(2)12(14)16-8(3)13(15)17-11-6-18-9(4)10(5)19-11/h8-11H,1,6H2,2-5H3. The SMILES string of the molecule is C=C(C)C(=O)OC(C)C(=O)OC1CSC(C)C(C)S1. The third-order valence-electron chi connectivity index (χ3n) is 2.73. The predicted octanol–water partition coefficient (Wildman–Crippen LogP) is 2.62. The van der Waals surface area contributed by atoms with E-state index in [9.17, 15) is 9.59 Å². The average molecular weight is 304 g/mol. The molecule has 0 N–H and O–H groups in total. The van der Waals surface area contributed by atoms with Gasteiger partial charge in [0, 0.05) is 21.8 Å². The van der Waals surface area contributed by atoms with E-state index in [1.54, 1.807) is 23.5 Å². The van der Waals surface area contributed by atoms with Gasteiger partial charge in [-0.2, -0.15) is 11.8 Å². The van der Waals surface area contributed by atoms with Gasteiger partial charge in [-0.05, 0) is 13.8 Å². The Hall–Kier alpha value is -0.620. The van der Waals surface area contributed by atoms with Crippen molar-refractivity contribution < 1.29 is 19.1 Å². The minimum Gasteiger partial charge on any atom is -0.448 e. The van der Waals surface area contributed by atoms with E-state index in [0.717, 1.165) is 5.75 Å². The van der Waals surface area contributed by atoms with E-state index in [1.165, 1.54) is 13.8 Å². The quantitative estimate of drug-likeness (QED) is 0.588. The molecule has 1 rings (SSSR count). The van der Waals surface area contributed by atoms with Crippen LogP contribution in [0.1, 0.15) is 27.7 Å². The van der Waals surface area contributed by atoms with Gasteiger partial charge in [0.25, 0.3) is 0 Å². The van der Waals surface area contributed by atoms with Crippen LogP contribution >= 0.6 is 23.5 Å². The van der Waals surface area contributed by atoms with Gasteiger partial charge in [-0.3, -0.25) is 0 Å². The molecule has 0 aromatic carbocycles. The van der Waals surface area contributed by atoms with Gasteiger partial charge in [0.1, 0.15) is 0 Å². The van der Waals surface area contributed by atoms with Gasteiger partial charge in [0.15, 0.2) is 11.5 Å². The second-order valence-corrected chi connectivity index (χ2v) is 7.53. The Morgan fingerprint density at radius 2 is 1.95 bits per heavy atom. The van der Waals surface area contributed by atoms with Crippen LogP contribution in [0, 0.1) is 0 Å². The van der Waals surface area contributed by atoms with Crippen molar-refractivity contribution in [3.05, 3.63) is 12.2 Å². The van der Waals surface area contributed by atoms with Crippen molar-refractivity contribution in [2.45, 2.75) is 49.7 Å². The summed E-state index contributed by atoms with van der Waals surface area (Å²) >= 11 is 3.43. The molecule has 4 nitrogen and oxygen atoms in total. The molecule has 1 saturated heterocycles. The molecular weight excluding hydrogens is 284 g/mol. The van der Waals surface area contributed by atoms with Gasteiger partial charge in [0.2, 0.25) is 0 Å². The van der Waals surface area contributed by atoms with E-state index < -0.39 is 18.0 Å². The summed E-state index contributed by atoms with van der Waals surface area (Å²) in [6.45, 7) is 10.8. The van der Waals surface area contributed by atoms with Gasteiger partial charge in [-0.15, -0.1) is 11.8 Å². The third-order valence-corrected chi connectivity index (χ3v) is 5.95. The summed E-state index contributed by atoms with van der Waals surface area (Å²) in [7, 11) is 0. The van der Waals surface area contributed by atoms with Crippen LogP contribution in [-0.4, -0.2) is 39.7 Å². The van der Waals surface area contributed by atoms with E-state index in [2.05, 4.69) is 20.4 Å². The van der Waals surface area contributed by atoms with Crippen LogP contribution < -0.4 is 0 Å². The molecule has 108 valence electrons. The molecule has 1 aliphatic rings. The molecule has 4 atom stereocenters. The van der Waals surface area contributed by atoms with Crippen molar-refractivity contribution in [1.82, 2.24) is 0 Å². The van der Waals surface area contributed by atoms with E-state index in [4.69, 9.17) is 9.47 Å². The fourth-order valence-corrected chi connectivity index (χ4v) is 3.98. The molecule has 0 aromatic rings. The highest BCUT2D eigenvalue weighted by Crippen LogP contribution is 2.36. The van der Waals surface area contributed by atoms with Gasteiger partial charge in [0.05, 0.1) is 0 Å². The topological polar surface area (TPSA) is 52.6 Å². The molecule has 0 saturated carbocycles. The van der Waals surface area contributed by atoms with Crippen LogP contribution in [0.2, 0.25) is 0 Å². The number of hydrogen-bond acceptors (Lipinski definition) is 6. The number of carbonyl (C=O) groups excluding carboxylic acids is 2. The maximum atomic E-state index is 11.8. The lowest BCUT2D eigenvalue weighted by Gasteiger charge is -2.31. The molecule has 0 aromatic heterocycles. The Morgan fingerprint density at radius 1 is 1.32 bits per heavy atom. The van der Waals surface area contributed by atoms with Crippen molar-refractivity contribution in [3.63, 3.8) is 0 Å². The second kappa shape index (κ2) is 7.24. The monoisotopic (exact) mass is 304 g/mol. The largest absolute Gasteiger partial charge is 0.448 e. The molecule has 0 amide bonds. The molecule has 0 aliphatic carbocycles. The minimum atomic E-state index is -0.899. The van der Waals surface area contributed by atoms with Crippen LogP contribution in [0.15, 0.2) is 12.2 Å². The number of carbonyl (C=O) groups is 2. The van der Waals surface area contributed by atoms with E-state index >= 15 is 0 Å². The lowest BCUT2D eigenvalue weighted by Crippen LogP contribution is -2.34. The van der Waals surface area contributed by atoms with Crippen LogP contribution in [0.5, 0.6) is 0 Å². The van der Waals surface area contributed by atoms with Crippen molar-refractivity contribution in [1.29, 1.82) is 0 Å². The lowest BCUT2D eigenvalue weighted by molar-refractivity contribution is -0.164. The predicted molar refractivity (Wildman–Crippen MR) is 79.2 cm³/mol. The molecule has 4 unspecified atom stereocenters. The van der Waals surface area contributed by atoms with Crippen LogP contribution in [0.4, 0.5) is 0 Å². The zero-order chi connectivity index (χ0) is 14.6. The maximum absolute atomic E-state index is 11.8. The lowest BCUT2D eigenvalue weighted by atomic mass is 10.3. The Kier molecular flexibility index (Phi) is 6.26. The third kappa shape index (κ3) is 5.10. The van der Waals surface area contributed by atoms with Gasteiger partial charge < -0.3 is 9.47 Å².